The van der Waals surface area contributed by atoms with E-state index in [1.54, 1.807) is 22.7 Å². The van der Waals surface area contributed by atoms with E-state index in [2.05, 4.69) is 15.6 Å². The molecule has 11 heteroatoms. The lowest BCUT2D eigenvalue weighted by Crippen LogP contribution is -2.54. The number of hydrogen-bond acceptors (Lipinski definition) is 7. The van der Waals surface area contributed by atoms with Crippen LogP contribution in [0.1, 0.15) is 65.9 Å². The number of amides is 1. The van der Waals surface area contributed by atoms with E-state index >= 15 is 0 Å². The molecule has 0 saturated heterocycles. The van der Waals surface area contributed by atoms with Crippen LogP contribution in [0.15, 0.2) is 30.3 Å². The summed E-state index contributed by atoms with van der Waals surface area (Å²) in [5.41, 5.74) is 5.84. The predicted octanol–water partition coefficient (Wildman–Crippen LogP) is 2.08. The van der Waals surface area contributed by atoms with Crippen molar-refractivity contribution in [3.05, 3.63) is 41.7 Å². The monoisotopic (exact) mass is 481 g/mol. The summed E-state index contributed by atoms with van der Waals surface area (Å²) in [5, 5.41) is 20.5. The van der Waals surface area contributed by atoms with Gasteiger partial charge >= 0.3 is 11.8 Å². The second-order valence-electron chi connectivity index (χ2n) is 9.02. The Labute approximate surface area is 200 Å². The van der Waals surface area contributed by atoms with E-state index in [1.165, 1.54) is 11.9 Å². The number of rotatable bonds is 11. The van der Waals surface area contributed by atoms with E-state index in [-0.39, 0.29) is 37.7 Å². The maximum Gasteiger partial charge on any atom is 0.326 e. The Bertz CT molecular complexity index is 906. The molecule has 1 amide bonds. The van der Waals surface area contributed by atoms with E-state index in [0.29, 0.717) is 12.4 Å². The molecule has 1 aromatic heterocycles. The first-order chi connectivity index (χ1) is 14.9. The summed E-state index contributed by atoms with van der Waals surface area (Å²) in [7, 11) is 0. The number of tetrazole rings is 1. The van der Waals surface area contributed by atoms with Crippen LogP contribution in [0.2, 0.25) is 0 Å². The zero-order valence-corrected chi connectivity index (χ0v) is 20.1. The molecule has 1 aromatic carbocycles. The minimum Gasteiger partial charge on any atom is -0.481 e. The number of benzene rings is 1. The lowest BCUT2D eigenvalue weighted by molar-refractivity contribution is -0.770. The van der Waals surface area contributed by atoms with Gasteiger partial charge in [0, 0.05) is 20.9 Å². The molecule has 10 nitrogen and oxygen atoms in total. The molecule has 2 rings (SSSR count). The summed E-state index contributed by atoms with van der Waals surface area (Å²) < 4.78 is 8.89. The second kappa shape index (κ2) is 12.1. The minimum atomic E-state index is -1.11. The first-order valence-electron chi connectivity index (χ1n) is 10.4. The fourth-order valence-corrected chi connectivity index (χ4v) is 3.46. The Morgan fingerprint density at radius 2 is 1.88 bits per heavy atom. The van der Waals surface area contributed by atoms with Crippen LogP contribution in [0.3, 0.4) is 0 Å². The molecule has 0 aliphatic carbocycles. The van der Waals surface area contributed by atoms with Crippen molar-refractivity contribution >= 4 is 23.8 Å². The number of aliphatic carboxylic acids is 1. The molecule has 1 atom stereocenters. The standard InChI is InChI=1S/C21H32N6O4S.CH4/c1-20(2,3)32-27-25-24-18(26(27)12-11-17(28)29)16(23-19(30)21(4,5)22)14-31-13-15-9-7-6-8-10-15;/h6-10,16H,11-14,22H2,1-5H3,(H-,23,28,29,30);1H4/p+1/t16-;/m1./s1. The third-order valence-corrected chi connectivity index (χ3v) is 5.17. The van der Waals surface area contributed by atoms with Gasteiger partial charge in [-0.05, 0) is 40.2 Å². The average molecular weight is 482 g/mol. The number of aromatic nitrogens is 4. The molecule has 33 heavy (non-hydrogen) atoms. The summed E-state index contributed by atoms with van der Waals surface area (Å²) in [6.07, 6.45) is -0.121. The summed E-state index contributed by atoms with van der Waals surface area (Å²) in [6.45, 7) is 9.85. The second-order valence-corrected chi connectivity index (χ2v) is 10.8. The SMILES string of the molecule is C.CC(C)(C)Sn1nnc([C@@H](COCc2ccccc2)NC(=O)C(C)(C)N)[n+]1CCC(=O)O. The summed E-state index contributed by atoms with van der Waals surface area (Å²) in [4.78, 5) is 23.9. The highest BCUT2D eigenvalue weighted by atomic mass is 32.2. The van der Waals surface area contributed by atoms with Gasteiger partial charge in [0.05, 0.1) is 25.2 Å². The van der Waals surface area contributed by atoms with Crippen molar-refractivity contribution in [2.75, 3.05) is 6.61 Å². The number of carbonyl (C=O) groups excluding carboxylic acids is 1. The van der Waals surface area contributed by atoms with Crippen LogP contribution in [0.4, 0.5) is 0 Å². The minimum absolute atomic E-state index is 0. The van der Waals surface area contributed by atoms with Crippen LogP contribution < -0.4 is 15.7 Å². The number of carbonyl (C=O) groups is 2. The van der Waals surface area contributed by atoms with E-state index in [9.17, 15) is 14.7 Å². The largest absolute Gasteiger partial charge is 0.481 e. The molecule has 0 fully saturated rings. The van der Waals surface area contributed by atoms with Crippen LogP contribution >= 0.6 is 11.9 Å². The van der Waals surface area contributed by atoms with Crippen molar-refractivity contribution in [1.82, 2.24) is 19.8 Å². The van der Waals surface area contributed by atoms with Crippen molar-refractivity contribution in [2.45, 2.75) is 77.9 Å². The van der Waals surface area contributed by atoms with Gasteiger partial charge in [-0.15, -0.1) is 4.68 Å². The molecule has 0 radical (unpaired) electrons. The molecule has 4 N–H and O–H groups in total. The van der Waals surface area contributed by atoms with Crippen LogP contribution in [-0.4, -0.2) is 48.4 Å². The van der Waals surface area contributed by atoms with Crippen molar-refractivity contribution in [2.24, 2.45) is 5.73 Å². The zero-order chi connectivity index (χ0) is 23.9. The van der Waals surface area contributed by atoms with Gasteiger partial charge < -0.3 is 20.9 Å². The number of ether oxygens (including phenoxy) is 1. The maximum atomic E-state index is 12.6. The van der Waals surface area contributed by atoms with Gasteiger partial charge in [0.25, 0.3) is 0 Å². The molecule has 0 aliphatic heterocycles. The lowest BCUT2D eigenvalue weighted by atomic mass is 10.1. The van der Waals surface area contributed by atoms with Crippen molar-refractivity contribution in [3.63, 3.8) is 0 Å². The average Bonchev–Trinajstić information content (AvgIpc) is 3.06. The first kappa shape index (κ1) is 28.5. The van der Waals surface area contributed by atoms with E-state index < -0.39 is 17.6 Å². The normalized spacial score (nSPS) is 12.7. The molecule has 184 valence electrons. The highest BCUT2D eigenvalue weighted by Gasteiger charge is 2.35. The fraction of sp³-hybridized carbons (Fsp3) is 0.591. The Hall–Kier alpha value is -2.50. The summed E-state index contributed by atoms with van der Waals surface area (Å²) >= 11 is 1.40. The predicted molar refractivity (Wildman–Crippen MR) is 127 cm³/mol. The molecule has 1 heterocycles. The van der Waals surface area contributed by atoms with E-state index in [1.807, 2.05) is 51.1 Å². The molecular weight excluding hydrogens is 444 g/mol. The van der Waals surface area contributed by atoms with Gasteiger partial charge in [-0.2, -0.15) is 0 Å². The smallest absolute Gasteiger partial charge is 0.326 e. The number of hydrogen-bond donors (Lipinski definition) is 3. The van der Waals surface area contributed by atoms with Gasteiger partial charge in [-0.25, -0.2) is 0 Å². The highest BCUT2D eigenvalue weighted by molar-refractivity contribution is 7.98. The quantitative estimate of drug-likeness (QED) is 0.415. The van der Waals surface area contributed by atoms with Crippen molar-refractivity contribution in [3.8, 4) is 0 Å². The highest BCUT2D eigenvalue weighted by Crippen LogP contribution is 2.23. The molecule has 0 unspecified atom stereocenters. The zero-order valence-electron chi connectivity index (χ0n) is 19.2. The Morgan fingerprint density at radius 3 is 2.42 bits per heavy atom. The first-order valence-corrected chi connectivity index (χ1v) is 11.1. The van der Waals surface area contributed by atoms with Crippen LogP contribution in [-0.2, 0) is 27.5 Å². The Balaban J connectivity index is 0.00000544. The number of nitrogens with one attached hydrogen (secondary N) is 1. The van der Waals surface area contributed by atoms with Gasteiger partial charge in [0.15, 0.2) is 5.21 Å². The number of carboxylic acids is 1. The third kappa shape index (κ3) is 9.48. The Morgan fingerprint density at radius 1 is 1.24 bits per heavy atom. The van der Waals surface area contributed by atoms with Gasteiger partial charge in [0.1, 0.15) is 17.7 Å². The summed E-state index contributed by atoms with van der Waals surface area (Å²) in [6, 6.07) is 8.98. The van der Waals surface area contributed by atoms with E-state index in [0.717, 1.165) is 5.56 Å². The van der Waals surface area contributed by atoms with Gasteiger partial charge in [0.2, 0.25) is 5.91 Å². The lowest BCUT2D eigenvalue weighted by Gasteiger charge is -2.22. The van der Waals surface area contributed by atoms with E-state index in [4.69, 9.17) is 10.5 Å². The number of nitrogens with zero attached hydrogens (tertiary/aromatic N) is 4. The van der Waals surface area contributed by atoms with Gasteiger partial charge in [-0.1, -0.05) is 37.8 Å². The molecule has 2 aromatic rings. The Kier molecular flexibility index (Phi) is 10.5. The number of carboxylic acid groups (broad SMARTS) is 1. The van der Waals surface area contributed by atoms with Crippen molar-refractivity contribution < 1.29 is 24.1 Å². The topological polar surface area (TPSA) is 136 Å². The molecular formula is C22H37N6O4S+. The fourth-order valence-electron chi connectivity index (χ4n) is 2.63. The maximum absolute atomic E-state index is 12.6. The molecule has 0 saturated carbocycles. The van der Waals surface area contributed by atoms with Crippen molar-refractivity contribution in [1.29, 1.82) is 0 Å². The number of nitrogens with two attached hydrogens (primary N) is 1. The third-order valence-electron chi connectivity index (χ3n) is 4.19. The van der Waals surface area contributed by atoms with Crippen LogP contribution in [0.25, 0.3) is 0 Å². The van der Waals surface area contributed by atoms with Crippen LogP contribution in [0, 0.1) is 0 Å². The molecule has 0 aliphatic rings. The van der Waals surface area contributed by atoms with Crippen LogP contribution in [0.5, 0.6) is 0 Å². The molecule has 0 bridgehead atoms. The molecule has 0 spiro atoms. The van der Waals surface area contributed by atoms with Gasteiger partial charge in [-0.3, -0.25) is 9.59 Å². The summed E-state index contributed by atoms with van der Waals surface area (Å²) in [5.74, 6) is -0.928.